The Morgan fingerprint density at radius 1 is 0.889 bits per heavy atom. The summed E-state index contributed by atoms with van der Waals surface area (Å²) in [6.45, 7) is 0. The van der Waals surface area contributed by atoms with Gasteiger partial charge in [-0.1, -0.05) is 0 Å². The summed E-state index contributed by atoms with van der Waals surface area (Å²) in [4.78, 5) is 0. The van der Waals surface area contributed by atoms with Gasteiger partial charge in [0.15, 0.2) is 0 Å². The van der Waals surface area contributed by atoms with Crippen LogP contribution in [0.15, 0.2) is 0 Å². The van der Waals surface area contributed by atoms with Crippen molar-refractivity contribution in [3.63, 3.8) is 0 Å². The average molecular weight is 124 g/mol. The molecule has 0 aliphatic heterocycles. The van der Waals surface area contributed by atoms with Gasteiger partial charge < -0.3 is 5.11 Å². The van der Waals surface area contributed by atoms with Crippen LogP contribution in [0, 0.1) is 23.7 Å². The molecule has 0 radical (unpaired) electrons. The van der Waals surface area contributed by atoms with Gasteiger partial charge in [-0.15, -0.1) is 0 Å². The Bertz CT molecular complexity index is 139. The van der Waals surface area contributed by atoms with Crippen molar-refractivity contribution in [1.29, 1.82) is 0 Å². The lowest BCUT2D eigenvalue weighted by molar-refractivity contribution is 0.108. The van der Waals surface area contributed by atoms with Gasteiger partial charge in [0.05, 0.1) is 6.10 Å². The molecule has 0 unspecified atom stereocenters. The molecule has 1 N–H and O–H groups in total. The molecule has 50 valence electrons. The van der Waals surface area contributed by atoms with E-state index in [-0.39, 0.29) is 6.10 Å². The van der Waals surface area contributed by atoms with E-state index in [2.05, 4.69) is 0 Å². The number of hydrogen-bond donors (Lipinski definition) is 1. The minimum absolute atomic E-state index is 0.119. The summed E-state index contributed by atoms with van der Waals surface area (Å²) in [6, 6.07) is 0. The molecule has 3 aliphatic carbocycles. The van der Waals surface area contributed by atoms with E-state index in [9.17, 15) is 5.11 Å². The molecule has 3 saturated carbocycles. The highest BCUT2D eigenvalue weighted by molar-refractivity contribution is 5.11. The van der Waals surface area contributed by atoms with Crippen molar-refractivity contribution in [2.24, 2.45) is 23.7 Å². The first-order valence-corrected chi connectivity index (χ1v) is 4.06. The molecular formula is C8H12O. The first kappa shape index (κ1) is 4.73. The fraction of sp³-hybridized carbons (Fsp3) is 1.00. The van der Waals surface area contributed by atoms with Gasteiger partial charge >= 0.3 is 0 Å². The Hall–Kier alpha value is -0.0400. The van der Waals surface area contributed by atoms with Gasteiger partial charge in [-0.05, 0) is 42.9 Å². The van der Waals surface area contributed by atoms with Gasteiger partial charge in [0.25, 0.3) is 0 Å². The fourth-order valence-corrected chi connectivity index (χ4v) is 3.20. The first-order valence-electron chi connectivity index (χ1n) is 4.06. The van der Waals surface area contributed by atoms with E-state index in [1.807, 2.05) is 0 Å². The average Bonchev–Trinajstić information content (AvgIpc) is 2.53. The van der Waals surface area contributed by atoms with E-state index in [0.717, 1.165) is 23.7 Å². The smallest absolute Gasteiger partial charge is 0.0602 e. The minimum atomic E-state index is 0.119. The van der Waals surface area contributed by atoms with E-state index in [1.54, 1.807) is 0 Å². The Morgan fingerprint density at radius 3 is 1.78 bits per heavy atom. The lowest BCUT2D eigenvalue weighted by Gasteiger charge is -2.09. The zero-order valence-corrected chi connectivity index (χ0v) is 5.46. The molecule has 2 bridgehead atoms. The quantitative estimate of drug-likeness (QED) is 0.511. The molecule has 1 heteroatoms. The van der Waals surface area contributed by atoms with E-state index >= 15 is 0 Å². The Morgan fingerprint density at radius 2 is 1.44 bits per heavy atom. The van der Waals surface area contributed by atoms with Crippen molar-refractivity contribution in [3.8, 4) is 0 Å². The van der Waals surface area contributed by atoms with Gasteiger partial charge in [-0.3, -0.25) is 0 Å². The zero-order valence-electron chi connectivity index (χ0n) is 5.46. The number of rotatable bonds is 0. The lowest BCUT2D eigenvalue weighted by Crippen LogP contribution is -2.15. The summed E-state index contributed by atoms with van der Waals surface area (Å²) in [5, 5.41) is 9.53. The molecule has 1 nitrogen and oxygen atoms in total. The van der Waals surface area contributed by atoms with Crippen LogP contribution < -0.4 is 0 Å². The highest BCUT2D eigenvalue weighted by Crippen LogP contribution is 2.65. The van der Waals surface area contributed by atoms with E-state index in [4.69, 9.17) is 0 Å². The lowest BCUT2D eigenvalue weighted by atomic mass is 10.0. The highest BCUT2D eigenvalue weighted by Gasteiger charge is 2.62. The molecule has 0 heterocycles. The summed E-state index contributed by atoms with van der Waals surface area (Å²) in [5.41, 5.74) is 0. The monoisotopic (exact) mass is 124 g/mol. The van der Waals surface area contributed by atoms with Crippen molar-refractivity contribution in [2.75, 3.05) is 0 Å². The van der Waals surface area contributed by atoms with Gasteiger partial charge in [0.2, 0.25) is 0 Å². The Kier molecular flexibility index (Phi) is 0.628. The van der Waals surface area contributed by atoms with Crippen LogP contribution in [0.4, 0.5) is 0 Å². The van der Waals surface area contributed by atoms with Crippen molar-refractivity contribution in [3.05, 3.63) is 0 Å². The minimum Gasteiger partial charge on any atom is -0.393 e. The second-order valence-electron chi connectivity index (χ2n) is 3.96. The molecule has 3 fully saturated rings. The molecular weight excluding hydrogens is 112 g/mol. The molecule has 0 amide bonds. The van der Waals surface area contributed by atoms with Gasteiger partial charge in [-0.2, -0.15) is 0 Å². The summed E-state index contributed by atoms with van der Waals surface area (Å²) in [7, 11) is 0. The van der Waals surface area contributed by atoms with Crippen LogP contribution in [0.2, 0.25) is 0 Å². The maximum Gasteiger partial charge on any atom is 0.0602 e. The van der Waals surface area contributed by atoms with Crippen molar-refractivity contribution >= 4 is 0 Å². The molecule has 3 rings (SSSR count). The third-order valence-electron chi connectivity index (χ3n) is 3.70. The van der Waals surface area contributed by atoms with E-state index < -0.39 is 0 Å². The Balaban J connectivity index is 2.00. The molecule has 0 spiro atoms. The molecule has 0 aromatic carbocycles. The first-order chi connectivity index (χ1) is 4.38. The maximum atomic E-state index is 9.53. The number of fused-ring (bicyclic) bond motifs is 5. The molecule has 0 saturated heterocycles. The summed E-state index contributed by atoms with van der Waals surface area (Å²) >= 11 is 0. The molecule has 4 atom stereocenters. The second kappa shape index (κ2) is 1.20. The Labute approximate surface area is 55.1 Å². The van der Waals surface area contributed by atoms with Crippen LogP contribution in [0.1, 0.15) is 19.3 Å². The predicted molar refractivity (Wildman–Crippen MR) is 33.8 cm³/mol. The van der Waals surface area contributed by atoms with Gasteiger partial charge in [0.1, 0.15) is 0 Å². The number of aliphatic hydroxyl groups is 1. The van der Waals surface area contributed by atoms with Crippen LogP contribution in [-0.4, -0.2) is 11.2 Å². The topological polar surface area (TPSA) is 20.2 Å². The van der Waals surface area contributed by atoms with Crippen molar-refractivity contribution in [1.82, 2.24) is 0 Å². The fourth-order valence-electron chi connectivity index (χ4n) is 3.20. The normalized spacial score (nSPS) is 68.3. The number of hydrogen-bond acceptors (Lipinski definition) is 1. The van der Waals surface area contributed by atoms with Crippen LogP contribution in [0.5, 0.6) is 0 Å². The zero-order chi connectivity index (χ0) is 6.01. The molecule has 0 aromatic heterocycles. The summed E-state index contributed by atoms with van der Waals surface area (Å²) < 4.78 is 0. The van der Waals surface area contributed by atoms with Crippen LogP contribution >= 0.6 is 0 Å². The summed E-state index contributed by atoms with van der Waals surface area (Å²) in [6.07, 6.45) is 4.22. The highest BCUT2D eigenvalue weighted by atomic mass is 16.3. The number of aliphatic hydroxyl groups excluding tert-OH is 1. The van der Waals surface area contributed by atoms with Gasteiger partial charge in [0, 0.05) is 0 Å². The van der Waals surface area contributed by atoms with Crippen LogP contribution in [0.25, 0.3) is 0 Å². The van der Waals surface area contributed by atoms with Crippen LogP contribution in [-0.2, 0) is 0 Å². The maximum absolute atomic E-state index is 9.53. The predicted octanol–water partition coefficient (Wildman–Crippen LogP) is 1.02. The summed E-state index contributed by atoms with van der Waals surface area (Å²) in [5.74, 6) is 3.41. The van der Waals surface area contributed by atoms with Gasteiger partial charge in [-0.25, -0.2) is 0 Å². The van der Waals surface area contributed by atoms with Crippen LogP contribution in [0.3, 0.4) is 0 Å². The molecule has 3 aliphatic rings. The third kappa shape index (κ3) is 0.389. The van der Waals surface area contributed by atoms with E-state index in [1.165, 1.54) is 19.3 Å². The SMILES string of the molecule is OC1[C@H]2CC[C@H]1[C@@H]1C[C@H]12. The molecule has 9 heavy (non-hydrogen) atoms. The third-order valence-corrected chi connectivity index (χ3v) is 3.70. The largest absolute Gasteiger partial charge is 0.393 e. The van der Waals surface area contributed by atoms with Crippen molar-refractivity contribution in [2.45, 2.75) is 25.4 Å². The second-order valence-corrected chi connectivity index (χ2v) is 3.96. The van der Waals surface area contributed by atoms with E-state index in [0.29, 0.717) is 0 Å². The van der Waals surface area contributed by atoms with Crippen molar-refractivity contribution < 1.29 is 5.11 Å². The molecule has 0 aromatic rings. The standard InChI is InChI=1S/C8H12O/c9-8-4-1-2-5(8)7-3-6(4)7/h4-9H,1-3H2/t4-,5-,6-,7-/m0/s1.